The van der Waals surface area contributed by atoms with Crippen LogP contribution >= 0.6 is 0 Å². The Morgan fingerprint density at radius 2 is 1.87 bits per heavy atom. The summed E-state index contributed by atoms with van der Waals surface area (Å²) in [6, 6.07) is 13.3. The van der Waals surface area contributed by atoms with E-state index in [1.54, 1.807) is 13.0 Å². The van der Waals surface area contributed by atoms with E-state index in [1.165, 1.54) is 12.1 Å². The van der Waals surface area contributed by atoms with Crippen LogP contribution in [0.5, 0.6) is 0 Å². The van der Waals surface area contributed by atoms with Gasteiger partial charge in [0.15, 0.2) is 0 Å². The van der Waals surface area contributed by atoms with Crippen LogP contribution in [0, 0.1) is 12.7 Å². The van der Waals surface area contributed by atoms with E-state index in [0.717, 1.165) is 5.56 Å². The molecule has 2 N–H and O–H groups in total. The zero-order chi connectivity index (χ0) is 16.9. The first-order valence-corrected chi connectivity index (χ1v) is 8.84. The second-order valence-corrected chi connectivity index (χ2v) is 7.14. The molecule has 0 aliphatic heterocycles. The number of halogens is 1. The average Bonchev–Trinajstić information content (AvgIpc) is 2.52. The fourth-order valence-electron chi connectivity index (χ4n) is 2.38. The normalized spacial score (nSPS) is 13.0. The molecule has 2 aromatic rings. The molecule has 2 aromatic carbocycles. The van der Waals surface area contributed by atoms with Crippen LogP contribution in [0.4, 0.5) is 4.39 Å². The predicted molar refractivity (Wildman–Crippen MR) is 87.2 cm³/mol. The first kappa shape index (κ1) is 17.6. The minimum atomic E-state index is -3.94. The summed E-state index contributed by atoms with van der Waals surface area (Å²) in [7, 11) is -3.94. The lowest BCUT2D eigenvalue weighted by Gasteiger charge is -2.17. The maximum Gasteiger partial charge on any atom is 0.243 e. The summed E-state index contributed by atoms with van der Waals surface area (Å²) in [5, 5.41) is 9.18. The largest absolute Gasteiger partial charge is 0.396 e. The summed E-state index contributed by atoms with van der Waals surface area (Å²) in [6.07, 6.45) is 0.420. The van der Waals surface area contributed by atoms with E-state index in [4.69, 9.17) is 0 Å². The molecule has 0 amide bonds. The molecule has 0 saturated carbocycles. The van der Waals surface area contributed by atoms with Crippen LogP contribution in [-0.2, 0) is 10.0 Å². The lowest BCUT2D eigenvalue weighted by atomic mass is 9.96. The number of benzene rings is 2. The first-order valence-electron chi connectivity index (χ1n) is 7.35. The SMILES string of the molecule is Cc1ccc(S(=O)(=O)NCC(CCO)c2ccccc2)c(F)c1. The van der Waals surface area contributed by atoms with E-state index in [9.17, 15) is 17.9 Å². The molecule has 0 aliphatic carbocycles. The van der Waals surface area contributed by atoms with Gasteiger partial charge in [0.2, 0.25) is 10.0 Å². The molecule has 1 unspecified atom stereocenters. The molecule has 4 nitrogen and oxygen atoms in total. The molecule has 23 heavy (non-hydrogen) atoms. The molecule has 0 bridgehead atoms. The molecular formula is C17H20FNO3S. The number of aryl methyl sites for hydroxylation is 1. The monoisotopic (exact) mass is 337 g/mol. The Kier molecular flexibility index (Phi) is 5.87. The molecule has 0 spiro atoms. The minimum absolute atomic E-state index is 0.0554. The lowest BCUT2D eigenvalue weighted by Crippen LogP contribution is -2.29. The van der Waals surface area contributed by atoms with E-state index >= 15 is 0 Å². The Morgan fingerprint density at radius 1 is 1.17 bits per heavy atom. The number of aliphatic hydroxyl groups is 1. The minimum Gasteiger partial charge on any atom is -0.396 e. The standard InChI is InChI=1S/C17H20FNO3S/c1-13-7-8-17(16(18)11-13)23(21,22)19-12-15(9-10-20)14-5-3-2-4-6-14/h2-8,11,15,19-20H,9-10,12H2,1H3. The van der Waals surface area contributed by atoms with E-state index in [-0.39, 0.29) is 24.0 Å². The zero-order valence-corrected chi connectivity index (χ0v) is 13.7. The van der Waals surface area contributed by atoms with Crippen LogP contribution in [0.3, 0.4) is 0 Å². The highest BCUT2D eigenvalue weighted by molar-refractivity contribution is 7.89. The first-order chi connectivity index (χ1) is 10.9. The molecule has 0 aromatic heterocycles. The molecule has 0 heterocycles. The Labute approximate surface area is 136 Å². The molecule has 0 aliphatic rings. The van der Waals surface area contributed by atoms with Gasteiger partial charge in [0.1, 0.15) is 10.7 Å². The Bertz CT molecular complexity index is 748. The molecular weight excluding hydrogens is 317 g/mol. The molecule has 124 valence electrons. The van der Waals surface area contributed by atoms with Crippen molar-refractivity contribution in [1.29, 1.82) is 0 Å². The van der Waals surface area contributed by atoms with Gasteiger partial charge < -0.3 is 5.11 Å². The zero-order valence-electron chi connectivity index (χ0n) is 12.9. The second-order valence-electron chi connectivity index (χ2n) is 5.41. The summed E-state index contributed by atoms with van der Waals surface area (Å²) in [5.74, 6) is -0.944. The number of sulfonamides is 1. The highest BCUT2D eigenvalue weighted by atomic mass is 32.2. The maximum absolute atomic E-state index is 13.9. The number of nitrogens with one attached hydrogen (secondary N) is 1. The number of rotatable bonds is 7. The topological polar surface area (TPSA) is 66.4 Å². The number of aliphatic hydroxyl groups excluding tert-OH is 1. The van der Waals surface area contributed by atoms with Gasteiger partial charge in [-0.1, -0.05) is 36.4 Å². The summed E-state index contributed by atoms with van der Waals surface area (Å²) in [4.78, 5) is -0.362. The highest BCUT2D eigenvalue weighted by Gasteiger charge is 2.21. The van der Waals surface area contributed by atoms with Crippen molar-refractivity contribution in [2.24, 2.45) is 0 Å². The van der Waals surface area contributed by atoms with Crippen LogP contribution in [-0.4, -0.2) is 26.7 Å². The third-order valence-corrected chi connectivity index (χ3v) is 5.10. The summed E-state index contributed by atoms with van der Waals surface area (Å²) in [5.41, 5.74) is 1.58. The number of hydrogen-bond donors (Lipinski definition) is 2. The fraction of sp³-hybridized carbons (Fsp3) is 0.294. The van der Waals surface area contributed by atoms with Crippen molar-refractivity contribution in [3.8, 4) is 0 Å². The quantitative estimate of drug-likeness (QED) is 0.816. The number of hydrogen-bond acceptors (Lipinski definition) is 3. The molecule has 0 radical (unpaired) electrons. The van der Waals surface area contributed by atoms with Gasteiger partial charge in [0.05, 0.1) is 0 Å². The van der Waals surface area contributed by atoms with Gasteiger partial charge in [-0.25, -0.2) is 17.5 Å². The van der Waals surface area contributed by atoms with Crippen molar-refractivity contribution < 1.29 is 17.9 Å². The Hall–Kier alpha value is -1.76. The summed E-state index contributed by atoms with van der Waals surface area (Å²) < 4.78 is 40.9. The van der Waals surface area contributed by atoms with Crippen molar-refractivity contribution in [1.82, 2.24) is 4.72 Å². The molecule has 2 rings (SSSR count). The maximum atomic E-state index is 13.9. The van der Waals surface area contributed by atoms with Crippen molar-refractivity contribution in [3.05, 3.63) is 65.5 Å². The van der Waals surface area contributed by atoms with Gasteiger partial charge >= 0.3 is 0 Å². The van der Waals surface area contributed by atoms with E-state index in [0.29, 0.717) is 12.0 Å². The Balaban J connectivity index is 2.16. The van der Waals surface area contributed by atoms with Crippen molar-refractivity contribution in [2.45, 2.75) is 24.2 Å². The third-order valence-electron chi connectivity index (χ3n) is 3.65. The van der Waals surface area contributed by atoms with Gasteiger partial charge in [-0.2, -0.15) is 0 Å². The molecule has 6 heteroatoms. The van der Waals surface area contributed by atoms with Crippen LogP contribution in [0.15, 0.2) is 53.4 Å². The summed E-state index contributed by atoms with van der Waals surface area (Å²) in [6.45, 7) is 1.74. The van der Waals surface area contributed by atoms with Crippen LogP contribution in [0.2, 0.25) is 0 Å². The average molecular weight is 337 g/mol. The van der Waals surface area contributed by atoms with Gasteiger partial charge in [-0.3, -0.25) is 0 Å². The molecule has 0 saturated heterocycles. The van der Waals surface area contributed by atoms with Gasteiger partial charge in [0.25, 0.3) is 0 Å². The molecule has 1 atom stereocenters. The second kappa shape index (κ2) is 7.68. The van der Waals surface area contributed by atoms with Crippen LogP contribution < -0.4 is 4.72 Å². The van der Waals surface area contributed by atoms with E-state index in [1.807, 2.05) is 30.3 Å². The van der Waals surface area contributed by atoms with Gasteiger partial charge in [-0.15, -0.1) is 0 Å². The van der Waals surface area contributed by atoms with Gasteiger partial charge in [0, 0.05) is 13.2 Å². The van der Waals surface area contributed by atoms with Crippen molar-refractivity contribution in [2.75, 3.05) is 13.2 Å². The smallest absolute Gasteiger partial charge is 0.243 e. The highest BCUT2D eigenvalue weighted by Crippen LogP contribution is 2.20. The summed E-state index contributed by atoms with van der Waals surface area (Å²) >= 11 is 0. The van der Waals surface area contributed by atoms with E-state index in [2.05, 4.69) is 4.72 Å². The van der Waals surface area contributed by atoms with Crippen LogP contribution in [0.1, 0.15) is 23.5 Å². The lowest BCUT2D eigenvalue weighted by molar-refractivity contribution is 0.275. The van der Waals surface area contributed by atoms with E-state index < -0.39 is 15.8 Å². The molecule has 0 fully saturated rings. The fourth-order valence-corrected chi connectivity index (χ4v) is 3.52. The van der Waals surface area contributed by atoms with Gasteiger partial charge in [-0.05, 0) is 42.5 Å². The Morgan fingerprint density at radius 3 is 2.48 bits per heavy atom. The van der Waals surface area contributed by atoms with Crippen molar-refractivity contribution in [3.63, 3.8) is 0 Å². The third kappa shape index (κ3) is 4.60. The van der Waals surface area contributed by atoms with Crippen molar-refractivity contribution >= 4 is 10.0 Å². The van der Waals surface area contributed by atoms with Crippen LogP contribution in [0.25, 0.3) is 0 Å². The predicted octanol–water partition coefficient (Wildman–Crippen LogP) is 2.58.